The molecule has 6 nitrogen and oxygen atoms in total. The van der Waals surface area contributed by atoms with Crippen LogP contribution in [0.4, 0.5) is 0 Å². The second-order valence-electron chi connectivity index (χ2n) is 5.38. The summed E-state index contributed by atoms with van der Waals surface area (Å²) < 4.78 is 5.48. The molecule has 0 fully saturated rings. The van der Waals surface area contributed by atoms with Gasteiger partial charge in [-0.25, -0.2) is 9.97 Å². The van der Waals surface area contributed by atoms with Crippen molar-refractivity contribution in [3.8, 4) is 5.88 Å². The van der Waals surface area contributed by atoms with Gasteiger partial charge in [0.2, 0.25) is 5.88 Å². The van der Waals surface area contributed by atoms with E-state index in [-0.39, 0.29) is 24.0 Å². The number of thiazole rings is 1. The quantitative estimate of drug-likeness (QED) is 0.365. The van der Waals surface area contributed by atoms with E-state index in [0.29, 0.717) is 25.6 Å². The minimum atomic E-state index is 0. The van der Waals surface area contributed by atoms with Crippen molar-refractivity contribution >= 4 is 41.3 Å². The highest BCUT2D eigenvalue weighted by Crippen LogP contribution is 2.15. The maximum absolute atomic E-state index is 5.48. The summed E-state index contributed by atoms with van der Waals surface area (Å²) in [5.41, 5.74) is 2.17. The largest absolute Gasteiger partial charge is 0.478 e. The van der Waals surface area contributed by atoms with Gasteiger partial charge < -0.3 is 15.4 Å². The van der Waals surface area contributed by atoms with E-state index in [4.69, 9.17) is 4.74 Å². The van der Waals surface area contributed by atoms with Gasteiger partial charge in [-0.3, -0.25) is 4.99 Å². The second kappa shape index (κ2) is 11.2. The highest BCUT2D eigenvalue weighted by atomic mass is 127. The van der Waals surface area contributed by atoms with Crippen LogP contribution in [0.3, 0.4) is 0 Å². The number of guanidine groups is 1. The zero-order valence-corrected chi connectivity index (χ0v) is 18.3. The summed E-state index contributed by atoms with van der Waals surface area (Å²) in [5, 5.41) is 7.61. The molecule has 0 saturated carbocycles. The van der Waals surface area contributed by atoms with Crippen molar-refractivity contribution in [1.29, 1.82) is 0 Å². The second-order valence-corrected chi connectivity index (χ2v) is 6.67. The third kappa shape index (κ3) is 7.15. The number of aryl methyl sites for hydroxylation is 2. The Balaban J connectivity index is 0.00000312. The van der Waals surface area contributed by atoms with Gasteiger partial charge in [-0.1, -0.05) is 13.0 Å². The third-order valence-corrected chi connectivity index (χ3v) is 4.49. The van der Waals surface area contributed by atoms with E-state index in [1.165, 1.54) is 4.88 Å². The highest BCUT2D eigenvalue weighted by Gasteiger charge is 2.05. The van der Waals surface area contributed by atoms with Crippen molar-refractivity contribution in [3.63, 3.8) is 0 Å². The van der Waals surface area contributed by atoms with E-state index in [1.54, 1.807) is 18.4 Å². The number of nitrogens with one attached hydrogen (secondary N) is 2. The van der Waals surface area contributed by atoms with E-state index >= 15 is 0 Å². The minimum absolute atomic E-state index is 0. The first-order valence-corrected chi connectivity index (χ1v) is 8.89. The van der Waals surface area contributed by atoms with Crippen molar-refractivity contribution in [1.82, 2.24) is 20.6 Å². The summed E-state index contributed by atoms with van der Waals surface area (Å²) >= 11 is 1.71. The molecule has 0 amide bonds. The van der Waals surface area contributed by atoms with Gasteiger partial charge in [0, 0.05) is 30.7 Å². The fourth-order valence-electron chi connectivity index (χ4n) is 1.99. The Bertz CT molecular complexity index is 653. The molecule has 0 aliphatic carbocycles. The number of aromatic nitrogens is 2. The molecule has 2 rings (SSSR count). The van der Waals surface area contributed by atoms with E-state index < -0.39 is 0 Å². The van der Waals surface area contributed by atoms with Gasteiger partial charge in [-0.2, -0.15) is 0 Å². The molecule has 25 heavy (non-hydrogen) atoms. The Hall–Kier alpha value is -1.42. The molecular formula is C17H26IN5OS. The maximum Gasteiger partial charge on any atom is 0.213 e. The highest BCUT2D eigenvalue weighted by molar-refractivity contribution is 14.0. The molecule has 0 aromatic carbocycles. The summed E-state index contributed by atoms with van der Waals surface area (Å²) in [6, 6.07) is 3.90. The van der Waals surface area contributed by atoms with Crippen LogP contribution >= 0.6 is 35.3 Å². The molecule has 2 heterocycles. The van der Waals surface area contributed by atoms with Crippen LogP contribution in [-0.2, 0) is 13.1 Å². The van der Waals surface area contributed by atoms with Crippen molar-refractivity contribution in [3.05, 3.63) is 39.5 Å². The molecule has 0 spiro atoms. The van der Waals surface area contributed by atoms with Gasteiger partial charge >= 0.3 is 0 Å². The number of hydrogen-bond acceptors (Lipinski definition) is 5. The van der Waals surface area contributed by atoms with E-state index in [1.807, 2.05) is 25.3 Å². The van der Waals surface area contributed by atoms with Crippen LogP contribution in [0.25, 0.3) is 0 Å². The average Bonchev–Trinajstić information content (AvgIpc) is 2.92. The number of pyridine rings is 1. The summed E-state index contributed by atoms with van der Waals surface area (Å²) in [5.74, 6) is 1.41. The lowest BCUT2D eigenvalue weighted by Crippen LogP contribution is -2.36. The Morgan fingerprint density at radius 2 is 2.00 bits per heavy atom. The SMILES string of the molecule is CCCOc1ccc(CNC(=NC)NCc2nc(C)c(C)s2)cn1.I. The molecule has 0 bridgehead atoms. The lowest BCUT2D eigenvalue weighted by molar-refractivity contribution is 0.305. The van der Waals surface area contributed by atoms with E-state index in [9.17, 15) is 0 Å². The molecule has 0 radical (unpaired) electrons. The molecule has 2 aromatic rings. The number of halogens is 1. The molecular weight excluding hydrogens is 449 g/mol. The van der Waals surface area contributed by atoms with Gasteiger partial charge in [-0.15, -0.1) is 35.3 Å². The van der Waals surface area contributed by atoms with Gasteiger partial charge in [0.1, 0.15) is 5.01 Å². The van der Waals surface area contributed by atoms with E-state index in [2.05, 4.69) is 39.4 Å². The number of nitrogens with zero attached hydrogens (tertiary/aromatic N) is 3. The van der Waals surface area contributed by atoms with E-state index in [0.717, 1.165) is 28.6 Å². The molecule has 2 N–H and O–H groups in total. The number of rotatable bonds is 7. The van der Waals surface area contributed by atoms with Crippen molar-refractivity contribution in [2.45, 2.75) is 40.3 Å². The van der Waals surface area contributed by atoms with Gasteiger partial charge in [0.15, 0.2) is 5.96 Å². The molecule has 0 aliphatic rings. The number of ether oxygens (including phenoxy) is 1. The maximum atomic E-state index is 5.48. The Kier molecular flexibility index (Phi) is 9.73. The van der Waals surface area contributed by atoms with Crippen LogP contribution < -0.4 is 15.4 Å². The van der Waals surface area contributed by atoms with Crippen LogP contribution in [0.2, 0.25) is 0 Å². The van der Waals surface area contributed by atoms with Crippen LogP contribution in [-0.4, -0.2) is 29.6 Å². The first-order chi connectivity index (χ1) is 11.6. The molecule has 2 aromatic heterocycles. The first kappa shape index (κ1) is 21.6. The fourth-order valence-corrected chi connectivity index (χ4v) is 2.86. The smallest absolute Gasteiger partial charge is 0.213 e. The van der Waals surface area contributed by atoms with Crippen LogP contribution in [0, 0.1) is 13.8 Å². The Morgan fingerprint density at radius 3 is 2.56 bits per heavy atom. The van der Waals surface area contributed by atoms with Gasteiger partial charge in [-0.05, 0) is 25.8 Å². The van der Waals surface area contributed by atoms with Crippen LogP contribution in [0.1, 0.15) is 34.5 Å². The van der Waals surface area contributed by atoms with Crippen molar-refractivity contribution in [2.24, 2.45) is 4.99 Å². The van der Waals surface area contributed by atoms with Crippen LogP contribution in [0.15, 0.2) is 23.3 Å². The van der Waals surface area contributed by atoms with Crippen molar-refractivity contribution < 1.29 is 4.74 Å². The molecule has 138 valence electrons. The lowest BCUT2D eigenvalue weighted by atomic mass is 10.3. The Morgan fingerprint density at radius 1 is 1.24 bits per heavy atom. The fraction of sp³-hybridized carbons (Fsp3) is 0.471. The van der Waals surface area contributed by atoms with Gasteiger partial charge in [0.25, 0.3) is 0 Å². The predicted octanol–water partition coefficient (Wildman–Crippen LogP) is 3.43. The summed E-state index contributed by atoms with van der Waals surface area (Å²) in [6.45, 7) is 8.20. The zero-order valence-electron chi connectivity index (χ0n) is 15.1. The normalized spacial score (nSPS) is 11.0. The number of hydrogen-bond donors (Lipinski definition) is 2. The molecule has 0 aliphatic heterocycles. The summed E-state index contributed by atoms with van der Waals surface area (Å²) in [4.78, 5) is 14.3. The average molecular weight is 475 g/mol. The topological polar surface area (TPSA) is 71.4 Å². The summed E-state index contributed by atoms with van der Waals surface area (Å²) in [7, 11) is 1.76. The predicted molar refractivity (Wildman–Crippen MR) is 114 cm³/mol. The first-order valence-electron chi connectivity index (χ1n) is 8.07. The molecule has 0 saturated heterocycles. The number of aliphatic imine (C=N–C) groups is 1. The molecule has 0 atom stereocenters. The lowest BCUT2D eigenvalue weighted by Gasteiger charge is -2.11. The monoisotopic (exact) mass is 475 g/mol. The standard InChI is InChI=1S/C17H25N5OS.HI/c1-5-8-23-15-7-6-14(9-19-15)10-20-17(18-4)21-11-16-22-12(2)13(3)24-16;/h6-7,9H,5,8,10-11H2,1-4H3,(H2,18,20,21);1H. The molecule has 8 heteroatoms. The van der Waals surface area contributed by atoms with Crippen molar-refractivity contribution in [2.75, 3.05) is 13.7 Å². The Labute approximate surface area is 170 Å². The minimum Gasteiger partial charge on any atom is -0.478 e. The third-order valence-electron chi connectivity index (χ3n) is 3.42. The summed E-state index contributed by atoms with van der Waals surface area (Å²) in [6.07, 6.45) is 2.80. The molecule has 0 unspecified atom stereocenters. The zero-order chi connectivity index (χ0) is 17.4. The van der Waals surface area contributed by atoms with Crippen LogP contribution in [0.5, 0.6) is 5.88 Å². The van der Waals surface area contributed by atoms with Gasteiger partial charge in [0.05, 0.1) is 18.8 Å².